The Balaban J connectivity index is 1.37. The van der Waals surface area contributed by atoms with Crippen molar-refractivity contribution >= 4 is 34.3 Å². The second-order valence-corrected chi connectivity index (χ2v) is 11.9. The summed E-state index contributed by atoms with van der Waals surface area (Å²) in [5.74, 6) is 0.697. The lowest BCUT2D eigenvalue weighted by atomic mass is 9.87. The summed E-state index contributed by atoms with van der Waals surface area (Å²) < 4.78 is 0. The van der Waals surface area contributed by atoms with Crippen molar-refractivity contribution in [3.05, 3.63) is 129 Å². The molecular formula is C35H38Cl2N2. The molecule has 1 atom stereocenters. The third kappa shape index (κ3) is 6.69. The summed E-state index contributed by atoms with van der Waals surface area (Å²) in [7, 11) is 4.06. The normalized spacial score (nSPS) is 17.9. The fraction of sp³-hybridized carbons (Fsp3) is 0.314. The van der Waals surface area contributed by atoms with Crippen LogP contribution in [0.15, 0.2) is 91.2 Å². The summed E-state index contributed by atoms with van der Waals surface area (Å²) in [5.41, 5.74) is 10.1. The average molecular weight is 558 g/mol. The molecule has 1 aliphatic carbocycles. The van der Waals surface area contributed by atoms with Gasteiger partial charge >= 0.3 is 0 Å². The Morgan fingerprint density at radius 1 is 1.00 bits per heavy atom. The lowest BCUT2D eigenvalue weighted by Gasteiger charge is -2.18. The van der Waals surface area contributed by atoms with E-state index in [1.165, 1.54) is 39.8 Å². The minimum atomic E-state index is 0.671. The van der Waals surface area contributed by atoms with Gasteiger partial charge in [-0.05, 0) is 102 Å². The maximum absolute atomic E-state index is 6.76. The van der Waals surface area contributed by atoms with E-state index in [0.29, 0.717) is 10.9 Å². The number of benzene rings is 3. The van der Waals surface area contributed by atoms with E-state index in [0.717, 1.165) is 61.6 Å². The number of aryl methyl sites for hydroxylation is 1. The maximum Gasteiger partial charge on any atom is 0.0496 e. The van der Waals surface area contributed by atoms with Gasteiger partial charge < -0.3 is 4.90 Å². The van der Waals surface area contributed by atoms with Crippen molar-refractivity contribution in [1.82, 2.24) is 9.80 Å². The number of likely N-dealkylation sites (N-methyl/N-ethyl adjacent to an activating group) is 1. The summed E-state index contributed by atoms with van der Waals surface area (Å²) in [6.45, 7) is 7.39. The Hall–Kier alpha value is -2.78. The number of hydrogen-bond acceptors (Lipinski definition) is 2. The van der Waals surface area contributed by atoms with E-state index >= 15 is 0 Å². The third-order valence-corrected chi connectivity index (χ3v) is 8.65. The molecule has 0 radical (unpaired) electrons. The Labute approximate surface area is 244 Å². The monoisotopic (exact) mass is 556 g/mol. The van der Waals surface area contributed by atoms with E-state index in [2.05, 4.69) is 78.2 Å². The van der Waals surface area contributed by atoms with Crippen molar-refractivity contribution in [2.45, 2.75) is 32.1 Å². The maximum atomic E-state index is 6.76. The molecule has 1 fully saturated rings. The van der Waals surface area contributed by atoms with E-state index in [1.54, 1.807) is 0 Å². The molecule has 3 aromatic carbocycles. The molecule has 4 heteroatoms. The van der Waals surface area contributed by atoms with Crippen LogP contribution in [0.25, 0.3) is 11.1 Å². The van der Waals surface area contributed by atoms with Crippen LogP contribution in [0.4, 0.5) is 0 Å². The molecule has 39 heavy (non-hydrogen) atoms. The first-order valence-corrected chi connectivity index (χ1v) is 14.8. The van der Waals surface area contributed by atoms with Crippen LogP contribution < -0.4 is 0 Å². The molecule has 0 aromatic heterocycles. The fourth-order valence-electron chi connectivity index (χ4n) is 5.93. The first kappa shape index (κ1) is 27.8. The molecule has 0 spiro atoms. The highest BCUT2D eigenvalue weighted by atomic mass is 35.5. The number of rotatable bonds is 8. The predicted molar refractivity (Wildman–Crippen MR) is 168 cm³/mol. The summed E-state index contributed by atoms with van der Waals surface area (Å²) in [5, 5.41) is 1.39. The molecule has 3 aromatic rings. The summed E-state index contributed by atoms with van der Waals surface area (Å²) in [4.78, 5) is 4.59. The van der Waals surface area contributed by atoms with Gasteiger partial charge in [0.15, 0.2) is 0 Å². The van der Waals surface area contributed by atoms with Gasteiger partial charge in [0.1, 0.15) is 0 Å². The molecule has 1 heterocycles. The second-order valence-electron chi connectivity index (χ2n) is 11.1. The number of hydrogen-bond donors (Lipinski definition) is 0. The number of halogens is 2. The molecule has 0 N–H and O–H groups in total. The van der Waals surface area contributed by atoms with Crippen LogP contribution in [-0.2, 0) is 12.8 Å². The average Bonchev–Trinajstić information content (AvgIpc) is 3.27. The molecule has 1 unspecified atom stereocenters. The number of allylic oxidation sites excluding steroid dienone is 2. The Morgan fingerprint density at radius 2 is 1.79 bits per heavy atom. The predicted octanol–water partition coefficient (Wildman–Crippen LogP) is 8.78. The Bertz CT molecular complexity index is 1380. The van der Waals surface area contributed by atoms with Crippen molar-refractivity contribution < 1.29 is 0 Å². The quantitative estimate of drug-likeness (QED) is 0.256. The van der Waals surface area contributed by atoms with Gasteiger partial charge in [-0.15, -0.1) is 0 Å². The number of likely N-dealkylation sites (tertiary alicyclic amines) is 1. The fourth-order valence-corrected chi connectivity index (χ4v) is 6.45. The van der Waals surface area contributed by atoms with Crippen LogP contribution in [-0.4, -0.2) is 43.5 Å². The van der Waals surface area contributed by atoms with E-state index < -0.39 is 0 Å². The zero-order chi connectivity index (χ0) is 27.4. The molecule has 1 aliphatic heterocycles. The highest BCUT2D eigenvalue weighted by Gasteiger charge is 2.23. The van der Waals surface area contributed by atoms with Crippen molar-refractivity contribution in [2.75, 3.05) is 33.7 Å². The van der Waals surface area contributed by atoms with Gasteiger partial charge in [0.2, 0.25) is 0 Å². The SMILES string of the molecule is C=C(/C=C/CN1CCC(Cc2ccc(C3=C(c4ccc(Cl)cc4Cl)CCCc4ccccc43)cc2)C1)N(C)C. The van der Waals surface area contributed by atoms with Gasteiger partial charge in [0.05, 0.1) is 0 Å². The van der Waals surface area contributed by atoms with Crippen LogP contribution in [0.2, 0.25) is 10.0 Å². The third-order valence-electron chi connectivity index (χ3n) is 8.10. The molecule has 202 valence electrons. The van der Waals surface area contributed by atoms with Crippen LogP contribution in [0, 0.1) is 5.92 Å². The lowest BCUT2D eigenvalue weighted by Crippen LogP contribution is -2.21. The summed E-state index contributed by atoms with van der Waals surface area (Å²) >= 11 is 13.0. The highest BCUT2D eigenvalue weighted by Crippen LogP contribution is 2.42. The van der Waals surface area contributed by atoms with Gasteiger partial charge in [0.25, 0.3) is 0 Å². The van der Waals surface area contributed by atoms with Crippen molar-refractivity contribution in [3.8, 4) is 0 Å². The zero-order valence-electron chi connectivity index (χ0n) is 23.1. The first-order valence-electron chi connectivity index (χ1n) is 14.0. The van der Waals surface area contributed by atoms with E-state index in [4.69, 9.17) is 23.2 Å². The van der Waals surface area contributed by atoms with Gasteiger partial charge in [-0.2, -0.15) is 0 Å². The first-order chi connectivity index (χ1) is 18.9. The molecule has 0 saturated carbocycles. The number of fused-ring (bicyclic) bond motifs is 1. The minimum Gasteiger partial charge on any atom is -0.378 e. The molecule has 1 saturated heterocycles. The van der Waals surface area contributed by atoms with E-state index in [-0.39, 0.29) is 0 Å². The van der Waals surface area contributed by atoms with Crippen molar-refractivity contribution in [2.24, 2.45) is 5.92 Å². The van der Waals surface area contributed by atoms with Crippen LogP contribution in [0.3, 0.4) is 0 Å². The van der Waals surface area contributed by atoms with Gasteiger partial charge in [0, 0.05) is 42.9 Å². The molecule has 5 rings (SSSR count). The standard InChI is InChI=1S/C35H38Cl2N2/c1-25(38(2)3)8-7-20-39-21-19-27(24-39)22-26-13-15-29(16-14-26)35-31-11-5-4-9-28(31)10-6-12-33(35)32-18-17-30(36)23-34(32)37/h4-5,7-9,11,13-18,23,27H,1,6,10,12,19-22,24H2,2-3H3/b8-7+. The van der Waals surface area contributed by atoms with Gasteiger partial charge in [-0.1, -0.05) is 90.5 Å². The molecule has 0 amide bonds. The van der Waals surface area contributed by atoms with Crippen LogP contribution in [0.1, 0.15) is 47.1 Å². The van der Waals surface area contributed by atoms with E-state index in [9.17, 15) is 0 Å². The minimum absolute atomic E-state index is 0.671. The summed E-state index contributed by atoms with van der Waals surface area (Å²) in [6.07, 6.45) is 9.90. The molecule has 2 aliphatic rings. The Morgan fingerprint density at radius 3 is 2.56 bits per heavy atom. The molecule has 0 bridgehead atoms. The highest BCUT2D eigenvalue weighted by molar-refractivity contribution is 6.36. The molecule has 2 nitrogen and oxygen atoms in total. The van der Waals surface area contributed by atoms with Crippen LogP contribution in [0.5, 0.6) is 0 Å². The lowest BCUT2D eigenvalue weighted by molar-refractivity contribution is 0.358. The van der Waals surface area contributed by atoms with Crippen molar-refractivity contribution in [3.63, 3.8) is 0 Å². The topological polar surface area (TPSA) is 6.48 Å². The Kier molecular flexibility index (Phi) is 8.97. The molecular weight excluding hydrogens is 519 g/mol. The number of nitrogens with zero attached hydrogens (tertiary/aromatic N) is 2. The second kappa shape index (κ2) is 12.6. The zero-order valence-corrected chi connectivity index (χ0v) is 24.6. The van der Waals surface area contributed by atoms with Crippen molar-refractivity contribution in [1.29, 1.82) is 0 Å². The van der Waals surface area contributed by atoms with Gasteiger partial charge in [-0.25, -0.2) is 0 Å². The van der Waals surface area contributed by atoms with Crippen LogP contribution >= 0.6 is 23.2 Å². The largest absolute Gasteiger partial charge is 0.378 e. The van der Waals surface area contributed by atoms with Gasteiger partial charge in [-0.3, -0.25) is 4.90 Å². The van der Waals surface area contributed by atoms with E-state index in [1.807, 2.05) is 31.1 Å². The summed E-state index contributed by atoms with van der Waals surface area (Å²) in [6, 6.07) is 24.0. The smallest absolute Gasteiger partial charge is 0.0496 e.